The van der Waals surface area contributed by atoms with Gasteiger partial charge in [-0.25, -0.2) is 0 Å². The molecule has 2 amide bonds. The lowest BCUT2D eigenvalue weighted by Gasteiger charge is -2.40. The molecule has 1 N–H and O–H groups in total. The second kappa shape index (κ2) is 6.89. The van der Waals surface area contributed by atoms with Gasteiger partial charge in [0.2, 0.25) is 11.8 Å². The number of hydrogen-bond acceptors (Lipinski definition) is 3. The summed E-state index contributed by atoms with van der Waals surface area (Å²) in [6, 6.07) is -0.445. The maximum absolute atomic E-state index is 12.5. The summed E-state index contributed by atoms with van der Waals surface area (Å²) in [4.78, 5) is 26.1. The minimum Gasteiger partial charge on any atom is -0.383 e. The monoisotopic (exact) mass is 270 g/mol. The normalized spacial score (nSPS) is 23.5. The van der Waals surface area contributed by atoms with Crippen LogP contribution in [0.4, 0.5) is 0 Å². The number of amides is 2. The highest BCUT2D eigenvalue weighted by Crippen LogP contribution is 2.19. The van der Waals surface area contributed by atoms with Crippen LogP contribution in [0.2, 0.25) is 0 Å². The number of ether oxygens (including phenoxy) is 1. The topological polar surface area (TPSA) is 58.6 Å². The van der Waals surface area contributed by atoms with Crippen molar-refractivity contribution < 1.29 is 14.3 Å². The number of nitrogens with zero attached hydrogens (tertiary/aromatic N) is 1. The van der Waals surface area contributed by atoms with Crippen LogP contribution in [-0.2, 0) is 14.3 Å². The van der Waals surface area contributed by atoms with Gasteiger partial charge in [0.25, 0.3) is 0 Å². The van der Waals surface area contributed by atoms with Crippen molar-refractivity contribution in [3.05, 3.63) is 0 Å². The summed E-state index contributed by atoms with van der Waals surface area (Å²) in [5, 5.41) is 2.81. The van der Waals surface area contributed by atoms with Crippen LogP contribution in [0.15, 0.2) is 0 Å². The van der Waals surface area contributed by atoms with Crippen molar-refractivity contribution in [1.82, 2.24) is 10.2 Å². The Balaban J connectivity index is 2.92. The Morgan fingerprint density at radius 1 is 1.37 bits per heavy atom. The Morgan fingerprint density at radius 3 is 2.47 bits per heavy atom. The zero-order chi connectivity index (χ0) is 14.6. The molecule has 0 spiro atoms. The molecule has 3 unspecified atom stereocenters. The summed E-state index contributed by atoms with van der Waals surface area (Å²) in [7, 11) is 1.62. The summed E-state index contributed by atoms with van der Waals surface area (Å²) in [6.07, 6.45) is 0.862. The molecule has 1 fully saturated rings. The molecule has 5 nitrogen and oxygen atoms in total. The SMILES string of the molecule is CCC(C)C1NC(=O)CN(C(COC)C(C)C)C1=O. The minimum atomic E-state index is -0.399. The second-order valence-corrected chi connectivity index (χ2v) is 5.66. The molecular weight excluding hydrogens is 244 g/mol. The van der Waals surface area contributed by atoms with Crippen molar-refractivity contribution in [2.75, 3.05) is 20.3 Å². The highest BCUT2D eigenvalue weighted by atomic mass is 16.5. The van der Waals surface area contributed by atoms with Gasteiger partial charge in [-0.2, -0.15) is 0 Å². The predicted molar refractivity (Wildman–Crippen MR) is 73.6 cm³/mol. The van der Waals surface area contributed by atoms with Gasteiger partial charge < -0.3 is 15.0 Å². The highest BCUT2D eigenvalue weighted by Gasteiger charge is 2.39. The maximum Gasteiger partial charge on any atom is 0.246 e. The molecule has 0 aromatic carbocycles. The molecule has 1 saturated heterocycles. The average molecular weight is 270 g/mol. The smallest absolute Gasteiger partial charge is 0.246 e. The van der Waals surface area contributed by atoms with Crippen LogP contribution in [0, 0.1) is 11.8 Å². The van der Waals surface area contributed by atoms with Gasteiger partial charge in [-0.3, -0.25) is 9.59 Å². The van der Waals surface area contributed by atoms with Crippen LogP contribution >= 0.6 is 0 Å². The Morgan fingerprint density at radius 2 is 2.00 bits per heavy atom. The predicted octanol–water partition coefficient (Wildman–Crippen LogP) is 1.03. The molecule has 0 bridgehead atoms. The Kier molecular flexibility index (Phi) is 5.79. The average Bonchev–Trinajstić information content (AvgIpc) is 2.37. The molecule has 110 valence electrons. The molecule has 1 aliphatic rings. The first kappa shape index (κ1) is 16.0. The third-order valence-corrected chi connectivity index (χ3v) is 3.90. The van der Waals surface area contributed by atoms with Crippen LogP contribution in [-0.4, -0.2) is 49.1 Å². The number of nitrogens with one attached hydrogen (secondary N) is 1. The number of carbonyl (C=O) groups is 2. The second-order valence-electron chi connectivity index (χ2n) is 5.66. The Bertz CT molecular complexity index is 331. The van der Waals surface area contributed by atoms with Crippen molar-refractivity contribution in [3.8, 4) is 0 Å². The van der Waals surface area contributed by atoms with Crippen molar-refractivity contribution in [1.29, 1.82) is 0 Å². The molecular formula is C14H26N2O3. The van der Waals surface area contributed by atoms with E-state index in [9.17, 15) is 9.59 Å². The van der Waals surface area contributed by atoms with E-state index in [1.165, 1.54) is 0 Å². The number of carbonyl (C=O) groups excluding carboxylic acids is 2. The molecule has 1 heterocycles. The number of methoxy groups -OCH3 is 1. The van der Waals surface area contributed by atoms with E-state index >= 15 is 0 Å². The first-order chi connectivity index (χ1) is 8.92. The molecule has 0 aromatic heterocycles. The van der Waals surface area contributed by atoms with Gasteiger partial charge in [0.1, 0.15) is 6.04 Å². The molecule has 3 atom stereocenters. The number of hydrogen-bond donors (Lipinski definition) is 1. The summed E-state index contributed by atoms with van der Waals surface area (Å²) in [5.74, 6) is 0.346. The third-order valence-electron chi connectivity index (χ3n) is 3.90. The fourth-order valence-corrected chi connectivity index (χ4v) is 2.41. The van der Waals surface area contributed by atoms with Gasteiger partial charge >= 0.3 is 0 Å². The van der Waals surface area contributed by atoms with E-state index in [1.54, 1.807) is 12.0 Å². The Labute approximate surface area is 115 Å². The van der Waals surface area contributed by atoms with Gasteiger partial charge in [0.05, 0.1) is 19.2 Å². The van der Waals surface area contributed by atoms with Gasteiger partial charge in [0, 0.05) is 7.11 Å². The van der Waals surface area contributed by atoms with E-state index in [0.29, 0.717) is 6.61 Å². The lowest BCUT2D eigenvalue weighted by Crippen LogP contribution is -2.63. The summed E-state index contributed by atoms with van der Waals surface area (Å²) in [5.41, 5.74) is 0. The summed E-state index contributed by atoms with van der Waals surface area (Å²) >= 11 is 0. The summed E-state index contributed by atoms with van der Waals surface area (Å²) < 4.78 is 5.20. The van der Waals surface area contributed by atoms with Crippen molar-refractivity contribution in [2.45, 2.75) is 46.2 Å². The van der Waals surface area contributed by atoms with Gasteiger partial charge in [-0.15, -0.1) is 0 Å². The van der Waals surface area contributed by atoms with Gasteiger partial charge in [0.15, 0.2) is 0 Å². The molecule has 5 heteroatoms. The van der Waals surface area contributed by atoms with E-state index in [1.807, 2.05) is 27.7 Å². The van der Waals surface area contributed by atoms with Gasteiger partial charge in [-0.1, -0.05) is 34.1 Å². The van der Waals surface area contributed by atoms with Crippen molar-refractivity contribution in [3.63, 3.8) is 0 Å². The van der Waals surface area contributed by atoms with Crippen LogP contribution in [0.3, 0.4) is 0 Å². The van der Waals surface area contributed by atoms with E-state index in [4.69, 9.17) is 4.74 Å². The van der Waals surface area contributed by atoms with Crippen LogP contribution in [0.1, 0.15) is 34.1 Å². The van der Waals surface area contributed by atoms with E-state index in [-0.39, 0.29) is 36.2 Å². The number of piperazine rings is 1. The van der Waals surface area contributed by atoms with E-state index in [2.05, 4.69) is 5.32 Å². The van der Waals surface area contributed by atoms with Crippen molar-refractivity contribution >= 4 is 11.8 Å². The molecule has 0 aliphatic carbocycles. The largest absolute Gasteiger partial charge is 0.383 e. The summed E-state index contributed by atoms with van der Waals surface area (Å²) in [6.45, 7) is 8.70. The first-order valence-electron chi connectivity index (χ1n) is 7.01. The minimum absolute atomic E-state index is 0.0182. The zero-order valence-electron chi connectivity index (χ0n) is 12.6. The molecule has 0 radical (unpaired) electrons. The van der Waals surface area contributed by atoms with Crippen LogP contribution in [0.5, 0.6) is 0 Å². The lowest BCUT2D eigenvalue weighted by molar-refractivity contribution is -0.150. The quantitative estimate of drug-likeness (QED) is 0.784. The van der Waals surface area contributed by atoms with Crippen LogP contribution in [0.25, 0.3) is 0 Å². The third kappa shape index (κ3) is 3.69. The first-order valence-corrected chi connectivity index (χ1v) is 7.01. The zero-order valence-corrected chi connectivity index (χ0v) is 12.6. The molecule has 19 heavy (non-hydrogen) atoms. The fourth-order valence-electron chi connectivity index (χ4n) is 2.41. The van der Waals surface area contributed by atoms with E-state index < -0.39 is 6.04 Å². The molecule has 0 saturated carbocycles. The molecule has 1 rings (SSSR count). The lowest BCUT2D eigenvalue weighted by atomic mass is 9.93. The fraction of sp³-hybridized carbons (Fsp3) is 0.857. The van der Waals surface area contributed by atoms with Crippen molar-refractivity contribution in [2.24, 2.45) is 11.8 Å². The van der Waals surface area contributed by atoms with E-state index in [0.717, 1.165) is 6.42 Å². The van der Waals surface area contributed by atoms with Crippen LogP contribution < -0.4 is 5.32 Å². The molecule has 1 aliphatic heterocycles. The maximum atomic E-state index is 12.5. The highest BCUT2D eigenvalue weighted by molar-refractivity contribution is 5.95. The van der Waals surface area contributed by atoms with Gasteiger partial charge in [-0.05, 0) is 11.8 Å². The molecule has 0 aromatic rings. The number of rotatable bonds is 6. The Hall–Kier alpha value is -1.10. The standard InChI is InChI=1S/C14H26N2O3/c1-6-10(4)13-14(18)16(7-12(17)15-13)11(8-19-5)9(2)3/h9-11,13H,6-8H2,1-5H3,(H,15,17).